The predicted molar refractivity (Wildman–Crippen MR) is 104 cm³/mol. The highest BCUT2D eigenvalue weighted by molar-refractivity contribution is 7.22. The number of amides is 1. The van der Waals surface area contributed by atoms with Crippen LogP contribution in [0.3, 0.4) is 0 Å². The Hall–Kier alpha value is -2.02. The predicted octanol–water partition coefficient (Wildman–Crippen LogP) is 4.82. The van der Waals surface area contributed by atoms with Gasteiger partial charge in [-0.05, 0) is 49.2 Å². The molecule has 0 aliphatic carbocycles. The number of benzene rings is 2. The number of hydrogen-bond donors (Lipinski definition) is 2. The van der Waals surface area contributed by atoms with Crippen molar-refractivity contribution in [1.82, 2.24) is 4.98 Å². The minimum atomic E-state index is -0.283. The summed E-state index contributed by atoms with van der Waals surface area (Å²) in [4.78, 5) is 16.5. The number of rotatable bonds is 4. The topological polar surface area (TPSA) is 77.2 Å². The molecule has 8 heteroatoms. The lowest BCUT2D eigenvalue weighted by atomic mass is 10.1. The SMILES string of the molecule is Cc1cc2nc(N)sc2c(C)c1NC(=O)COc1ccc(Cl)cc1Cl. The van der Waals surface area contributed by atoms with Crippen LogP contribution in [0.25, 0.3) is 10.2 Å². The smallest absolute Gasteiger partial charge is 0.262 e. The normalized spacial score (nSPS) is 10.9. The summed E-state index contributed by atoms with van der Waals surface area (Å²) in [5.41, 5.74) is 9.19. The van der Waals surface area contributed by atoms with Gasteiger partial charge in [-0.25, -0.2) is 4.98 Å². The molecule has 25 heavy (non-hydrogen) atoms. The Morgan fingerprint density at radius 1 is 1.32 bits per heavy atom. The van der Waals surface area contributed by atoms with Crippen molar-refractivity contribution in [2.45, 2.75) is 13.8 Å². The Labute approximate surface area is 158 Å². The van der Waals surface area contributed by atoms with Crippen molar-refractivity contribution in [3.05, 3.63) is 45.4 Å². The van der Waals surface area contributed by atoms with E-state index in [2.05, 4.69) is 10.3 Å². The molecule has 3 rings (SSSR count). The van der Waals surface area contributed by atoms with Gasteiger partial charge in [0, 0.05) is 10.7 Å². The fraction of sp³-hybridized carbons (Fsp3) is 0.176. The zero-order valence-corrected chi connectivity index (χ0v) is 15.9. The van der Waals surface area contributed by atoms with E-state index in [0.717, 1.165) is 27.0 Å². The van der Waals surface area contributed by atoms with E-state index < -0.39 is 0 Å². The molecule has 2 aromatic carbocycles. The number of thiazole rings is 1. The van der Waals surface area contributed by atoms with Crippen molar-refractivity contribution < 1.29 is 9.53 Å². The number of carbonyl (C=O) groups excluding carboxylic acids is 1. The first-order valence-corrected chi connectivity index (χ1v) is 8.96. The Bertz CT molecular complexity index is 972. The summed E-state index contributed by atoms with van der Waals surface area (Å²) in [6.45, 7) is 3.68. The monoisotopic (exact) mass is 395 g/mol. The molecule has 0 spiro atoms. The van der Waals surface area contributed by atoms with Gasteiger partial charge in [0.25, 0.3) is 5.91 Å². The number of hydrogen-bond acceptors (Lipinski definition) is 5. The molecule has 1 aromatic heterocycles. The van der Waals surface area contributed by atoms with E-state index in [0.29, 0.717) is 20.9 Å². The third-order valence-electron chi connectivity index (χ3n) is 3.65. The first kappa shape index (κ1) is 17.8. The third kappa shape index (κ3) is 3.81. The van der Waals surface area contributed by atoms with Crippen LogP contribution in [0.1, 0.15) is 11.1 Å². The fourth-order valence-corrected chi connectivity index (χ4v) is 3.79. The lowest BCUT2D eigenvalue weighted by molar-refractivity contribution is -0.118. The largest absolute Gasteiger partial charge is 0.482 e. The molecule has 0 fully saturated rings. The minimum Gasteiger partial charge on any atom is -0.482 e. The van der Waals surface area contributed by atoms with Crippen molar-refractivity contribution in [1.29, 1.82) is 0 Å². The maximum atomic E-state index is 12.3. The van der Waals surface area contributed by atoms with E-state index >= 15 is 0 Å². The van der Waals surface area contributed by atoms with Gasteiger partial charge in [-0.2, -0.15) is 0 Å². The molecule has 0 radical (unpaired) electrons. The summed E-state index contributed by atoms with van der Waals surface area (Å²) in [6, 6.07) is 6.74. The summed E-state index contributed by atoms with van der Waals surface area (Å²) in [7, 11) is 0. The van der Waals surface area contributed by atoms with E-state index in [1.807, 2.05) is 19.9 Å². The maximum Gasteiger partial charge on any atom is 0.262 e. The van der Waals surface area contributed by atoms with Crippen molar-refractivity contribution in [2.75, 3.05) is 17.7 Å². The Morgan fingerprint density at radius 2 is 2.08 bits per heavy atom. The van der Waals surface area contributed by atoms with Crippen molar-refractivity contribution in [3.8, 4) is 5.75 Å². The fourth-order valence-electron chi connectivity index (χ4n) is 2.51. The van der Waals surface area contributed by atoms with Gasteiger partial charge in [0.2, 0.25) is 0 Å². The molecule has 3 aromatic rings. The van der Waals surface area contributed by atoms with Gasteiger partial charge in [-0.1, -0.05) is 34.5 Å². The van der Waals surface area contributed by atoms with Gasteiger partial charge in [-0.15, -0.1) is 0 Å². The Kier molecular flexibility index (Phi) is 5.03. The second kappa shape index (κ2) is 7.07. The summed E-state index contributed by atoms with van der Waals surface area (Å²) in [6.07, 6.45) is 0. The number of anilines is 2. The molecule has 3 N–H and O–H groups in total. The number of nitrogens with two attached hydrogens (primary N) is 1. The molecular weight excluding hydrogens is 381 g/mol. The quantitative estimate of drug-likeness (QED) is 0.663. The summed E-state index contributed by atoms with van der Waals surface area (Å²) >= 11 is 13.3. The number of aromatic nitrogens is 1. The molecular formula is C17H15Cl2N3O2S. The molecule has 0 atom stereocenters. The molecule has 130 valence electrons. The average molecular weight is 396 g/mol. The molecule has 0 bridgehead atoms. The second-order valence-electron chi connectivity index (χ2n) is 5.51. The first-order chi connectivity index (χ1) is 11.8. The maximum absolute atomic E-state index is 12.3. The van der Waals surface area contributed by atoms with Crippen LogP contribution in [-0.2, 0) is 4.79 Å². The van der Waals surface area contributed by atoms with Crippen LogP contribution in [0.4, 0.5) is 10.8 Å². The molecule has 1 heterocycles. The van der Waals surface area contributed by atoms with Crippen LogP contribution in [0.15, 0.2) is 24.3 Å². The van der Waals surface area contributed by atoms with Crippen LogP contribution >= 0.6 is 34.5 Å². The van der Waals surface area contributed by atoms with Crippen molar-refractivity contribution in [2.24, 2.45) is 0 Å². The van der Waals surface area contributed by atoms with Gasteiger partial charge >= 0.3 is 0 Å². The molecule has 0 aliphatic heterocycles. The molecule has 0 aliphatic rings. The summed E-state index contributed by atoms with van der Waals surface area (Å²) < 4.78 is 6.42. The Balaban J connectivity index is 1.75. The molecule has 0 unspecified atom stereocenters. The van der Waals surface area contributed by atoms with Gasteiger partial charge in [0.1, 0.15) is 5.75 Å². The van der Waals surface area contributed by atoms with E-state index in [4.69, 9.17) is 33.7 Å². The molecule has 0 saturated carbocycles. The van der Waals surface area contributed by atoms with E-state index in [-0.39, 0.29) is 12.5 Å². The highest BCUT2D eigenvalue weighted by atomic mass is 35.5. The Morgan fingerprint density at radius 3 is 2.80 bits per heavy atom. The molecule has 5 nitrogen and oxygen atoms in total. The van der Waals surface area contributed by atoms with Gasteiger partial charge in [-0.3, -0.25) is 4.79 Å². The lowest BCUT2D eigenvalue weighted by Crippen LogP contribution is -2.21. The van der Waals surface area contributed by atoms with Crippen LogP contribution < -0.4 is 15.8 Å². The first-order valence-electron chi connectivity index (χ1n) is 7.39. The number of carbonyl (C=O) groups is 1. The van der Waals surface area contributed by atoms with Crippen LogP contribution in [-0.4, -0.2) is 17.5 Å². The van der Waals surface area contributed by atoms with E-state index in [1.165, 1.54) is 11.3 Å². The van der Waals surface area contributed by atoms with Crippen molar-refractivity contribution >= 4 is 61.5 Å². The zero-order chi connectivity index (χ0) is 18.1. The van der Waals surface area contributed by atoms with Gasteiger partial charge < -0.3 is 15.8 Å². The lowest BCUT2D eigenvalue weighted by Gasteiger charge is -2.13. The number of halogens is 2. The second-order valence-corrected chi connectivity index (χ2v) is 7.38. The summed E-state index contributed by atoms with van der Waals surface area (Å²) in [5, 5.41) is 4.25. The highest BCUT2D eigenvalue weighted by Gasteiger charge is 2.14. The number of ether oxygens (including phenoxy) is 1. The highest BCUT2D eigenvalue weighted by Crippen LogP contribution is 2.34. The molecule has 0 saturated heterocycles. The van der Waals surface area contributed by atoms with Gasteiger partial charge in [0.05, 0.1) is 15.2 Å². The number of nitrogens with one attached hydrogen (secondary N) is 1. The summed E-state index contributed by atoms with van der Waals surface area (Å²) in [5.74, 6) is 0.120. The van der Waals surface area contributed by atoms with Gasteiger partial charge in [0.15, 0.2) is 11.7 Å². The molecule has 1 amide bonds. The minimum absolute atomic E-state index is 0.164. The van der Waals surface area contributed by atoms with Crippen LogP contribution in [0.2, 0.25) is 10.0 Å². The average Bonchev–Trinajstić information content (AvgIpc) is 2.91. The third-order valence-corrected chi connectivity index (χ3v) is 5.20. The van der Waals surface area contributed by atoms with Crippen LogP contribution in [0, 0.1) is 13.8 Å². The standard InChI is InChI=1S/C17H15Cl2N3O2S/c1-8-5-12-16(25-17(20)21-12)9(2)15(8)22-14(23)7-24-13-4-3-10(18)6-11(13)19/h3-6H,7H2,1-2H3,(H2,20,21)(H,22,23). The number of fused-ring (bicyclic) bond motifs is 1. The van der Waals surface area contributed by atoms with E-state index in [9.17, 15) is 4.79 Å². The number of nitrogens with zero attached hydrogens (tertiary/aromatic N) is 1. The zero-order valence-electron chi connectivity index (χ0n) is 13.5. The number of nitrogen functional groups attached to an aromatic ring is 1. The van der Waals surface area contributed by atoms with Crippen molar-refractivity contribution in [3.63, 3.8) is 0 Å². The number of aryl methyl sites for hydroxylation is 2. The van der Waals surface area contributed by atoms with E-state index in [1.54, 1.807) is 18.2 Å². The van der Waals surface area contributed by atoms with Crippen LogP contribution in [0.5, 0.6) is 5.75 Å².